The molecule has 0 aliphatic rings. The second-order valence-corrected chi connectivity index (χ2v) is 2.95. The number of carbonyl (C=O) groups excluding carboxylic acids is 2. The third-order valence-corrected chi connectivity index (χ3v) is 1.71. The van der Waals surface area contributed by atoms with Gasteiger partial charge in [0, 0.05) is 20.2 Å². The smallest absolute Gasteiger partial charge is 0.346 e. The van der Waals surface area contributed by atoms with E-state index in [0.29, 0.717) is 0 Å². The maximum atomic E-state index is 10.8. The number of rotatable bonds is 2. The SMILES string of the molecule is COC(=O)/C(Br)=C\N(C)C(C)=O. The summed E-state index contributed by atoms with van der Waals surface area (Å²) in [6, 6.07) is 0. The van der Waals surface area contributed by atoms with E-state index in [2.05, 4.69) is 20.7 Å². The minimum absolute atomic E-state index is 0.157. The first-order valence-electron chi connectivity index (χ1n) is 3.18. The van der Waals surface area contributed by atoms with Gasteiger partial charge in [-0.3, -0.25) is 4.79 Å². The molecule has 0 radical (unpaired) electrons. The molecule has 0 aliphatic carbocycles. The molecule has 0 rings (SSSR count). The van der Waals surface area contributed by atoms with Gasteiger partial charge in [-0.15, -0.1) is 0 Å². The molecule has 0 saturated heterocycles. The van der Waals surface area contributed by atoms with Crippen LogP contribution >= 0.6 is 15.9 Å². The van der Waals surface area contributed by atoms with Crippen LogP contribution in [0.15, 0.2) is 10.7 Å². The fourth-order valence-electron chi connectivity index (χ4n) is 0.411. The molecule has 0 aromatic heterocycles. The van der Waals surface area contributed by atoms with Crippen molar-refractivity contribution in [1.29, 1.82) is 0 Å². The number of esters is 1. The van der Waals surface area contributed by atoms with Gasteiger partial charge in [-0.2, -0.15) is 0 Å². The Balaban J connectivity index is 4.35. The van der Waals surface area contributed by atoms with Crippen molar-refractivity contribution in [1.82, 2.24) is 4.90 Å². The van der Waals surface area contributed by atoms with E-state index in [0.717, 1.165) is 0 Å². The number of hydrogen-bond acceptors (Lipinski definition) is 3. The Morgan fingerprint density at radius 2 is 2.00 bits per heavy atom. The lowest BCUT2D eigenvalue weighted by atomic mass is 10.5. The lowest BCUT2D eigenvalue weighted by molar-refractivity contribution is -0.135. The van der Waals surface area contributed by atoms with Gasteiger partial charge in [0.05, 0.1) is 7.11 Å². The molecule has 0 saturated carbocycles. The van der Waals surface area contributed by atoms with Crippen LogP contribution < -0.4 is 0 Å². The van der Waals surface area contributed by atoms with Crippen molar-refractivity contribution in [2.45, 2.75) is 6.92 Å². The van der Waals surface area contributed by atoms with Crippen molar-refractivity contribution in [3.8, 4) is 0 Å². The van der Waals surface area contributed by atoms with Crippen molar-refractivity contribution in [2.24, 2.45) is 0 Å². The average Bonchev–Trinajstić information content (AvgIpc) is 2.02. The maximum absolute atomic E-state index is 10.8. The van der Waals surface area contributed by atoms with Crippen LogP contribution in [0, 0.1) is 0 Å². The summed E-state index contributed by atoms with van der Waals surface area (Å²) in [5.41, 5.74) is 0. The normalized spacial score (nSPS) is 10.8. The summed E-state index contributed by atoms with van der Waals surface area (Å²) >= 11 is 2.97. The monoisotopic (exact) mass is 235 g/mol. The molecule has 0 heterocycles. The number of amides is 1. The molecule has 0 bridgehead atoms. The Bertz CT molecular complexity index is 225. The van der Waals surface area contributed by atoms with Crippen LogP contribution in [0.4, 0.5) is 0 Å². The summed E-state index contributed by atoms with van der Waals surface area (Å²) in [6.07, 6.45) is 1.36. The number of halogens is 1. The van der Waals surface area contributed by atoms with Crippen LogP contribution in [0.3, 0.4) is 0 Å². The number of carbonyl (C=O) groups is 2. The van der Waals surface area contributed by atoms with Gasteiger partial charge in [0.2, 0.25) is 5.91 Å². The highest BCUT2D eigenvalue weighted by Crippen LogP contribution is 2.07. The minimum atomic E-state index is -0.511. The standard InChI is InChI=1S/C7H10BrNO3/c1-5(10)9(2)4-6(8)7(11)12-3/h4H,1-3H3/b6-4+. The molecule has 4 nitrogen and oxygen atoms in total. The van der Waals surface area contributed by atoms with Gasteiger partial charge in [0.1, 0.15) is 4.48 Å². The topological polar surface area (TPSA) is 46.6 Å². The van der Waals surface area contributed by atoms with Gasteiger partial charge in [-0.1, -0.05) is 0 Å². The minimum Gasteiger partial charge on any atom is -0.465 e. The zero-order valence-corrected chi connectivity index (χ0v) is 8.71. The second kappa shape index (κ2) is 4.92. The largest absolute Gasteiger partial charge is 0.465 e. The molecule has 0 aromatic rings. The average molecular weight is 236 g/mol. The molecule has 68 valence electrons. The van der Waals surface area contributed by atoms with Crippen LogP contribution in [0.2, 0.25) is 0 Å². The Kier molecular flexibility index (Phi) is 4.58. The zero-order valence-electron chi connectivity index (χ0n) is 7.13. The van der Waals surface area contributed by atoms with E-state index in [4.69, 9.17) is 0 Å². The predicted molar refractivity (Wildman–Crippen MR) is 47.5 cm³/mol. The van der Waals surface area contributed by atoms with Crippen molar-refractivity contribution >= 4 is 27.8 Å². The molecular formula is C7H10BrNO3. The van der Waals surface area contributed by atoms with Gasteiger partial charge in [0.15, 0.2) is 0 Å². The van der Waals surface area contributed by atoms with Gasteiger partial charge in [-0.25, -0.2) is 4.79 Å². The van der Waals surface area contributed by atoms with Crippen molar-refractivity contribution in [2.75, 3.05) is 14.2 Å². The Labute approximate surface area is 79.3 Å². The summed E-state index contributed by atoms with van der Waals surface area (Å²) in [5, 5.41) is 0. The highest BCUT2D eigenvalue weighted by atomic mass is 79.9. The lowest BCUT2D eigenvalue weighted by Crippen LogP contribution is -2.18. The summed E-state index contributed by atoms with van der Waals surface area (Å²) in [6.45, 7) is 1.40. The molecule has 0 aliphatic heterocycles. The van der Waals surface area contributed by atoms with Crippen molar-refractivity contribution in [3.63, 3.8) is 0 Å². The highest BCUT2D eigenvalue weighted by molar-refractivity contribution is 9.12. The van der Waals surface area contributed by atoms with E-state index < -0.39 is 5.97 Å². The van der Waals surface area contributed by atoms with Gasteiger partial charge in [-0.05, 0) is 15.9 Å². The van der Waals surface area contributed by atoms with Crippen LogP contribution in [0.5, 0.6) is 0 Å². The van der Waals surface area contributed by atoms with E-state index in [-0.39, 0.29) is 10.4 Å². The highest BCUT2D eigenvalue weighted by Gasteiger charge is 2.07. The Morgan fingerprint density at radius 1 is 1.50 bits per heavy atom. The van der Waals surface area contributed by atoms with Crippen molar-refractivity contribution < 1.29 is 14.3 Å². The van der Waals surface area contributed by atoms with E-state index in [1.54, 1.807) is 7.05 Å². The van der Waals surface area contributed by atoms with Gasteiger partial charge in [0.25, 0.3) is 0 Å². The summed E-state index contributed by atoms with van der Waals surface area (Å²) < 4.78 is 4.61. The predicted octanol–water partition coefficient (Wildman–Crippen LogP) is 0.874. The first kappa shape index (κ1) is 11.2. The first-order valence-corrected chi connectivity index (χ1v) is 3.97. The van der Waals surface area contributed by atoms with Gasteiger partial charge < -0.3 is 9.64 Å². The lowest BCUT2D eigenvalue weighted by Gasteiger charge is -2.08. The molecule has 0 N–H and O–H groups in total. The van der Waals surface area contributed by atoms with Crippen LogP contribution in [-0.4, -0.2) is 30.9 Å². The number of nitrogens with zero attached hydrogens (tertiary/aromatic N) is 1. The molecular weight excluding hydrogens is 226 g/mol. The Morgan fingerprint density at radius 3 is 2.33 bits per heavy atom. The van der Waals surface area contributed by atoms with E-state index in [1.807, 2.05) is 0 Å². The summed E-state index contributed by atoms with van der Waals surface area (Å²) in [7, 11) is 2.82. The van der Waals surface area contributed by atoms with E-state index in [1.165, 1.54) is 25.1 Å². The van der Waals surface area contributed by atoms with Crippen LogP contribution in [0.25, 0.3) is 0 Å². The molecule has 0 unspecified atom stereocenters. The zero-order chi connectivity index (χ0) is 9.72. The van der Waals surface area contributed by atoms with E-state index >= 15 is 0 Å². The van der Waals surface area contributed by atoms with Crippen LogP contribution in [0.1, 0.15) is 6.92 Å². The summed E-state index contributed by atoms with van der Waals surface area (Å²) in [4.78, 5) is 22.8. The maximum Gasteiger partial charge on any atom is 0.346 e. The number of hydrogen-bond donors (Lipinski definition) is 0. The molecule has 12 heavy (non-hydrogen) atoms. The van der Waals surface area contributed by atoms with Gasteiger partial charge >= 0.3 is 5.97 Å². The third kappa shape index (κ3) is 3.52. The second-order valence-electron chi connectivity index (χ2n) is 2.10. The fraction of sp³-hybridized carbons (Fsp3) is 0.429. The molecule has 1 amide bonds. The number of methoxy groups -OCH3 is 1. The fourth-order valence-corrected chi connectivity index (χ4v) is 0.880. The number of ether oxygens (including phenoxy) is 1. The molecule has 0 atom stereocenters. The molecule has 5 heteroatoms. The molecule has 0 aromatic carbocycles. The quantitative estimate of drug-likeness (QED) is 0.528. The summed E-state index contributed by atoms with van der Waals surface area (Å²) in [5.74, 6) is -0.668. The Hall–Kier alpha value is -0.840. The van der Waals surface area contributed by atoms with Crippen molar-refractivity contribution in [3.05, 3.63) is 10.7 Å². The van der Waals surface area contributed by atoms with E-state index in [9.17, 15) is 9.59 Å². The van der Waals surface area contributed by atoms with Crippen LogP contribution in [-0.2, 0) is 14.3 Å². The first-order chi connectivity index (χ1) is 5.49. The molecule has 0 spiro atoms. The molecule has 0 fully saturated rings. The third-order valence-electron chi connectivity index (χ3n) is 1.18.